The van der Waals surface area contributed by atoms with Crippen LogP contribution in [0, 0.1) is 11.8 Å². The van der Waals surface area contributed by atoms with E-state index in [0.717, 1.165) is 19.3 Å². The lowest BCUT2D eigenvalue weighted by atomic mass is 9.66. The monoisotopic (exact) mass is 182 g/mol. The summed E-state index contributed by atoms with van der Waals surface area (Å²) in [5, 5.41) is 0. The van der Waals surface area contributed by atoms with Crippen molar-refractivity contribution in [2.24, 2.45) is 11.8 Å². The van der Waals surface area contributed by atoms with Crippen LogP contribution in [-0.2, 0) is 14.3 Å². The van der Waals surface area contributed by atoms with E-state index in [1.54, 1.807) is 0 Å². The van der Waals surface area contributed by atoms with Gasteiger partial charge in [0.15, 0.2) is 5.79 Å². The zero-order chi connectivity index (χ0) is 8.89. The van der Waals surface area contributed by atoms with Gasteiger partial charge in [-0.15, -0.1) is 0 Å². The van der Waals surface area contributed by atoms with Crippen molar-refractivity contribution in [3.63, 3.8) is 0 Å². The van der Waals surface area contributed by atoms with Gasteiger partial charge in [-0.2, -0.15) is 0 Å². The Morgan fingerprint density at radius 2 is 2.00 bits per heavy atom. The van der Waals surface area contributed by atoms with Crippen LogP contribution in [0.15, 0.2) is 0 Å². The lowest BCUT2D eigenvalue weighted by Gasteiger charge is -2.46. The summed E-state index contributed by atoms with van der Waals surface area (Å²) in [6.07, 6.45) is 3.66. The Kier molecular flexibility index (Phi) is 1.56. The van der Waals surface area contributed by atoms with Gasteiger partial charge in [-0.05, 0) is 12.8 Å². The second kappa shape index (κ2) is 2.55. The maximum absolute atomic E-state index is 11.5. The molecule has 3 nitrogen and oxygen atoms in total. The van der Waals surface area contributed by atoms with Crippen molar-refractivity contribution in [2.45, 2.75) is 31.5 Å². The van der Waals surface area contributed by atoms with E-state index in [2.05, 4.69) is 0 Å². The molecule has 0 aromatic rings. The van der Waals surface area contributed by atoms with Gasteiger partial charge in [0.25, 0.3) is 0 Å². The molecule has 0 amide bonds. The van der Waals surface area contributed by atoms with E-state index < -0.39 is 0 Å². The van der Waals surface area contributed by atoms with Gasteiger partial charge in [0.1, 0.15) is 5.78 Å². The predicted octanol–water partition coefficient (Wildman–Crippen LogP) is 1.12. The summed E-state index contributed by atoms with van der Waals surface area (Å²) < 4.78 is 11.4. The van der Waals surface area contributed by atoms with Crippen molar-refractivity contribution in [1.82, 2.24) is 0 Å². The van der Waals surface area contributed by atoms with Crippen LogP contribution in [0.25, 0.3) is 0 Å². The van der Waals surface area contributed by atoms with Crippen LogP contribution in [0.5, 0.6) is 0 Å². The second-order valence-corrected chi connectivity index (χ2v) is 4.35. The highest BCUT2D eigenvalue weighted by molar-refractivity contribution is 5.83. The van der Waals surface area contributed by atoms with Crippen LogP contribution >= 0.6 is 0 Å². The quantitative estimate of drug-likeness (QED) is 0.563. The van der Waals surface area contributed by atoms with E-state index in [-0.39, 0.29) is 11.7 Å². The van der Waals surface area contributed by atoms with Crippen molar-refractivity contribution < 1.29 is 14.3 Å². The fraction of sp³-hybridized carbons (Fsp3) is 0.900. The molecule has 3 saturated carbocycles. The fourth-order valence-electron chi connectivity index (χ4n) is 3.00. The molecule has 0 unspecified atom stereocenters. The Morgan fingerprint density at radius 3 is 2.54 bits per heavy atom. The normalized spacial score (nSPS) is 41.7. The Balaban J connectivity index is 1.89. The van der Waals surface area contributed by atoms with Gasteiger partial charge >= 0.3 is 0 Å². The molecular formula is C10H14O3. The molecule has 0 aromatic heterocycles. The van der Waals surface area contributed by atoms with Crippen LogP contribution < -0.4 is 0 Å². The first kappa shape index (κ1) is 7.94. The number of rotatable bonds is 0. The maximum atomic E-state index is 11.5. The van der Waals surface area contributed by atoms with Crippen LogP contribution in [0.1, 0.15) is 25.7 Å². The van der Waals surface area contributed by atoms with Crippen molar-refractivity contribution in [1.29, 1.82) is 0 Å². The molecule has 72 valence electrons. The van der Waals surface area contributed by atoms with E-state index in [1.165, 1.54) is 0 Å². The summed E-state index contributed by atoms with van der Waals surface area (Å²) in [4.78, 5) is 11.5. The van der Waals surface area contributed by atoms with Crippen LogP contribution in [-0.4, -0.2) is 24.8 Å². The number of ketones is 1. The zero-order valence-electron chi connectivity index (χ0n) is 7.62. The smallest absolute Gasteiger partial charge is 0.172 e. The average molecular weight is 182 g/mol. The molecule has 1 heterocycles. The van der Waals surface area contributed by atoms with Gasteiger partial charge in [0, 0.05) is 24.7 Å². The molecule has 4 aliphatic rings. The number of hydrogen-bond donors (Lipinski definition) is 0. The summed E-state index contributed by atoms with van der Waals surface area (Å²) >= 11 is 0. The molecule has 4 rings (SSSR count). The Bertz CT molecular complexity index is 243. The molecule has 2 bridgehead atoms. The lowest BCUT2D eigenvalue weighted by Crippen LogP contribution is -2.51. The first-order valence-electron chi connectivity index (χ1n) is 5.11. The van der Waals surface area contributed by atoms with Gasteiger partial charge in [0.05, 0.1) is 13.2 Å². The van der Waals surface area contributed by atoms with E-state index in [1.807, 2.05) is 0 Å². The van der Waals surface area contributed by atoms with E-state index >= 15 is 0 Å². The Hall–Kier alpha value is -0.410. The summed E-state index contributed by atoms with van der Waals surface area (Å²) in [6, 6.07) is 0. The van der Waals surface area contributed by atoms with Gasteiger partial charge in [-0.25, -0.2) is 0 Å². The van der Waals surface area contributed by atoms with E-state index in [4.69, 9.17) is 9.47 Å². The number of ether oxygens (including phenoxy) is 2. The summed E-state index contributed by atoms with van der Waals surface area (Å²) in [7, 11) is 0. The molecule has 3 heteroatoms. The number of carbonyl (C=O) groups excluding carboxylic acids is 1. The SMILES string of the molecule is O=C1C[C@@H]2CC[C@@H]1CC21OCCO1. The first-order valence-corrected chi connectivity index (χ1v) is 5.11. The highest BCUT2D eigenvalue weighted by Gasteiger charge is 2.54. The first-order chi connectivity index (χ1) is 6.30. The van der Waals surface area contributed by atoms with Crippen LogP contribution in [0.2, 0.25) is 0 Å². The highest BCUT2D eigenvalue weighted by Crippen LogP contribution is 2.49. The zero-order valence-corrected chi connectivity index (χ0v) is 7.62. The maximum Gasteiger partial charge on any atom is 0.172 e. The molecule has 0 radical (unpaired) electrons. The minimum Gasteiger partial charge on any atom is -0.347 e. The number of fused-ring (bicyclic) bond motifs is 2. The Labute approximate surface area is 77.4 Å². The third kappa shape index (κ3) is 1.00. The van der Waals surface area contributed by atoms with Gasteiger partial charge in [-0.1, -0.05) is 0 Å². The molecule has 1 saturated heterocycles. The van der Waals surface area contributed by atoms with E-state index in [0.29, 0.717) is 31.3 Å². The molecule has 13 heavy (non-hydrogen) atoms. The van der Waals surface area contributed by atoms with Crippen LogP contribution in [0.3, 0.4) is 0 Å². The van der Waals surface area contributed by atoms with Crippen molar-refractivity contribution >= 4 is 5.78 Å². The molecule has 2 atom stereocenters. The molecule has 1 spiro atoms. The Morgan fingerprint density at radius 1 is 1.23 bits per heavy atom. The standard InChI is InChI=1S/C10H14O3/c11-9-5-8-2-1-7(9)6-10(8)12-3-4-13-10/h7-8H,1-6H2/t7-,8+/m1/s1. The third-order valence-electron chi connectivity index (χ3n) is 3.70. The summed E-state index contributed by atoms with van der Waals surface area (Å²) in [6.45, 7) is 1.41. The lowest BCUT2D eigenvalue weighted by molar-refractivity contribution is -0.234. The van der Waals surface area contributed by atoms with Crippen molar-refractivity contribution in [3.8, 4) is 0 Å². The third-order valence-corrected chi connectivity index (χ3v) is 3.70. The van der Waals surface area contributed by atoms with Crippen molar-refractivity contribution in [3.05, 3.63) is 0 Å². The molecule has 0 aromatic carbocycles. The molecular weight excluding hydrogens is 168 g/mol. The average Bonchev–Trinajstić information content (AvgIpc) is 2.57. The van der Waals surface area contributed by atoms with Gasteiger partial charge in [0.2, 0.25) is 0 Å². The topological polar surface area (TPSA) is 35.5 Å². The fourth-order valence-corrected chi connectivity index (χ4v) is 3.00. The highest BCUT2D eigenvalue weighted by atomic mass is 16.7. The second-order valence-electron chi connectivity index (χ2n) is 4.35. The molecule has 1 aliphatic heterocycles. The number of Topliss-reactive ketones (excluding diaryl/α,β-unsaturated/α-hetero) is 1. The van der Waals surface area contributed by atoms with E-state index in [9.17, 15) is 4.79 Å². The minimum atomic E-state index is -0.350. The number of carbonyl (C=O) groups is 1. The summed E-state index contributed by atoms with van der Waals surface area (Å²) in [5.74, 6) is 0.646. The molecule has 0 N–H and O–H groups in total. The summed E-state index contributed by atoms with van der Waals surface area (Å²) in [5.41, 5.74) is 0. The molecule has 4 fully saturated rings. The number of hydrogen-bond acceptors (Lipinski definition) is 3. The van der Waals surface area contributed by atoms with Crippen LogP contribution in [0.4, 0.5) is 0 Å². The largest absolute Gasteiger partial charge is 0.347 e. The minimum absolute atomic E-state index is 0.225. The predicted molar refractivity (Wildman–Crippen MR) is 45.1 cm³/mol. The van der Waals surface area contributed by atoms with Gasteiger partial charge in [-0.3, -0.25) is 4.79 Å². The van der Waals surface area contributed by atoms with Gasteiger partial charge < -0.3 is 9.47 Å². The molecule has 3 aliphatic carbocycles. The van der Waals surface area contributed by atoms with Crippen molar-refractivity contribution in [2.75, 3.05) is 13.2 Å².